The van der Waals surface area contributed by atoms with E-state index in [4.69, 9.17) is 21.2 Å². The first-order valence-electron chi connectivity index (χ1n) is 7.84. The number of aromatic nitrogens is 1. The number of thiazole rings is 1. The third kappa shape index (κ3) is 9.20. The maximum absolute atomic E-state index is 11.4. The van der Waals surface area contributed by atoms with Gasteiger partial charge in [0.1, 0.15) is 23.8 Å². The molecule has 0 spiro atoms. The van der Waals surface area contributed by atoms with Crippen LogP contribution in [0.4, 0.5) is 9.93 Å². The van der Waals surface area contributed by atoms with E-state index in [-0.39, 0.29) is 29.9 Å². The lowest BCUT2D eigenvalue weighted by molar-refractivity contribution is -0.129. The molecule has 0 aliphatic rings. The summed E-state index contributed by atoms with van der Waals surface area (Å²) in [5, 5.41) is 19.4. The summed E-state index contributed by atoms with van der Waals surface area (Å²) >= 11 is 6.41. The number of nitrogens with one attached hydrogen (secondary N) is 2. The van der Waals surface area contributed by atoms with Crippen LogP contribution in [0.5, 0.6) is 0 Å². The molecule has 1 aromatic rings. The van der Waals surface area contributed by atoms with Crippen molar-refractivity contribution in [1.29, 1.82) is 0 Å². The Morgan fingerprint density at radius 2 is 2.07 bits per heavy atom. The molecule has 0 aromatic carbocycles. The molecule has 3 N–H and O–H groups in total. The van der Waals surface area contributed by atoms with Crippen molar-refractivity contribution < 1.29 is 29.1 Å². The van der Waals surface area contributed by atoms with Gasteiger partial charge in [-0.2, -0.15) is 0 Å². The van der Waals surface area contributed by atoms with Gasteiger partial charge in [0.2, 0.25) is 11.6 Å². The van der Waals surface area contributed by atoms with Crippen LogP contribution in [-0.4, -0.2) is 58.4 Å². The number of nitrogens with zero attached hydrogens (tertiary/aromatic N) is 2. The van der Waals surface area contributed by atoms with Gasteiger partial charge in [0.25, 0.3) is 0 Å². The highest BCUT2D eigenvalue weighted by Gasteiger charge is 2.18. The number of hydrogen-bond acceptors (Lipinski definition) is 8. The Kier molecular flexibility index (Phi) is 8.95. The van der Waals surface area contributed by atoms with Gasteiger partial charge in [-0.3, -0.25) is 4.79 Å². The molecule has 0 aliphatic heterocycles. The van der Waals surface area contributed by atoms with E-state index in [1.54, 1.807) is 20.8 Å². The van der Waals surface area contributed by atoms with E-state index in [2.05, 4.69) is 20.8 Å². The number of alkyl carbamates (subject to hydrolysis) is 1. The topological polar surface area (TPSA) is 139 Å². The van der Waals surface area contributed by atoms with Crippen LogP contribution in [0.2, 0.25) is 0 Å². The Balaban J connectivity index is 2.48. The lowest BCUT2D eigenvalue weighted by atomic mass is 10.2. The van der Waals surface area contributed by atoms with Crippen LogP contribution < -0.4 is 10.6 Å². The summed E-state index contributed by atoms with van der Waals surface area (Å²) in [5.74, 6) is -2.03. The van der Waals surface area contributed by atoms with Crippen molar-refractivity contribution in [3.05, 3.63) is 11.1 Å². The number of alkyl halides is 1. The van der Waals surface area contributed by atoms with E-state index in [1.165, 1.54) is 5.38 Å². The maximum Gasteiger partial charge on any atom is 0.407 e. The van der Waals surface area contributed by atoms with Gasteiger partial charge in [-0.25, -0.2) is 14.6 Å². The second-order valence-electron chi connectivity index (χ2n) is 6.08. The SMILES string of the molecule is CC(C)(C)OC(=O)NCCCO/N=C(/C(=O)O)c1csc(NC(=O)CCl)n1. The van der Waals surface area contributed by atoms with Gasteiger partial charge >= 0.3 is 12.1 Å². The molecule has 1 rings (SSSR count). The summed E-state index contributed by atoms with van der Waals surface area (Å²) in [5.41, 5.74) is -0.946. The van der Waals surface area contributed by atoms with Crippen molar-refractivity contribution >= 4 is 51.8 Å². The van der Waals surface area contributed by atoms with E-state index in [0.717, 1.165) is 11.3 Å². The fraction of sp³-hybridized carbons (Fsp3) is 0.533. The quantitative estimate of drug-likeness (QED) is 0.240. The normalized spacial score (nSPS) is 11.6. The van der Waals surface area contributed by atoms with Crippen molar-refractivity contribution in [2.24, 2.45) is 5.16 Å². The predicted molar refractivity (Wildman–Crippen MR) is 100 cm³/mol. The number of carbonyl (C=O) groups is 3. The molecular weight excluding hydrogens is 400 g/mol. The highest BCUT2D eigenvalue weighted by Crippen LogP contribution is 2.16. The smallest absolute Gasteiger partial charge is 0.407 e. The zero-order valence-corrected chi connectivity index (χ0v) is 16.6. The van der Waals surface area contributed by atoms with Crippen LogP contribution in [0.3, 0.4) is 0 Å². The molecule has 0 fully saturated rings. The number of anilines is 1. The highest BCUT2D eigenvalue weighted by molar-refractivity contribution is 7.14. The third-order valence-electron chi connectivity index (χ3n) is 2.55. The molecule has 0 saturated carbocycles. The zero-order valence-electron chi connectivity index (χ0n) is 15.1. The lowest BCUT2D eigenvalue weighted by Gasteiger charge is -2.19. The molecule has 1 aromatic heterocycles. The van der Waals surface area contributed by atoms with Crippen molar-refractivity contribution in [1.82, 2.24) is 10.3 Å². The summed E-state index contributed by atoms with van der Waals surface area (Å²) in [6.45, 7) is 5.61. The fourth-order valence-corrected chi connectivity index (χ4v) is 2.32. The second-order valence-corrected chi connectivity index (χ2v) is 7.21. The molecule has 0 atom stereocenters. The van der Waals surface area contributed by atoms with Crippen molar-refractivity contribution in [3.63, 3.8) is 0 Å². The first-order valence-corrected chi connectivity index (χ1v) is 9.25. The molecule has 150 valence electrons. The van der Waals surface area contributed by atoms with Crippen LogP contribution in [0.25, 0.3) is 0 Å². The Labute approximate surface area is 164 Å². The fourth-order valence-electron chi connectivity index (χ4n) is 1.54. The van der Waals surface area contributed by atoms with Crippen LogP contribution in [-0.2, 0) is 19.2 Å². The Hall–Kier alpha value is -2.40. The van der Waals surface area contributed by atoms with Gasteiger partial charge in [0.05, 0.1) is 0 Å². The molecule has 0 radical (unpaired) electrons. The van der Waals surface area contributed by atoms with Crippen LogP contribution >= 0.6 is 22.9 Å². The van der Waals surface area contributed by atoms with Crippen molar-refractivity contribution in [2.45, 2.75) is 32.8 Å². The molecule has 0 saturated heterocycles. The number of oxime groups is 1. The molecule has 0 bridgehead atoms. The van der Waals surface area contributed by atoms with Gasteiger partial charge in [0, 0.05) is 18.3 Å². The minimum Gasteiger partial charge on any atom is -0.476 e. The Morgan fingerprint density at radius 1 is 1.37 bits per heavy atom. The van der Waals surface area contributed by atoms with E-state index in [0.29, 0.717) is 6.42 Å². The largest absolute Gasteiger partial charge is 0.476 e. The number of carboxylic acid groups (broad SMARTS) is 1. The molecule has 10 nitrogen and oxygen atoms in total. The summed E-state index contributed by atoms with van der Waals surface area (Å²) in [4.78, 5) is 42.9. The number of halogens is 1. The highest BCUT2D eigenvalue weighted by atomic mass is 35.5. The Morgan fingerprint density at radius 3 is 2.67 bits per heavy atom. The minimum absolute atomic E-state index is 0.0456. The average molecular weight is 421 g/mol. The molecule has 12 heteroatoms. The minimum atomic E-state index is -1.33. The number of ether oxygens (including phenoxy) is 1. The number of carboxylic acids is 1. The predicted octanol–water partition coefficient (Wildman–Crippen LogP) is 2.04. The summed E-state index contributed by atoms with van der Waals surface area (Å²) in [6, 6.07) is 0. The molecule has 0 aliphatic carbocycles. The summed E-state index contributed by atoms with van der Waals surface area (Å²) < 4.78 is 5.07. The van der Waals surface area contributed by atoms with Crippen molar-refractivity contribution in [3.8, 4) is 0 Å². The number of amides is 2. The average Bonchev–Trinajstić information content (AvgIpc) is 2.99. The van der Waals surface area contributed by atoms with Gasteiger partial charge in [-0.05, 0) is 20.8 Å². The van der Waals surface area contributed by atoms with Gasteiger partial charge in [-0.15, -0.1) is 22.9 Å². The molecular formula is C15H21ClN4O6S. The van der Waals surface area contributed by atoms with E-state index in [1.807, 2.05) is 0 Å². The van der Waals surface area contributed by atoms with E-state index in [9.17, 15) is 19.5 Å². The standard InChI is InChI=1S/C15H21ClN4O6S/c1-15(2,3)26-14(24)17-5-4-6-25-20-11(12(22)23)9-8-27-13(18-9)19-10(21)7-16/h8H,4-7H2,1-3H3,(H,17,24)(H,22,23)(H,18,19,21)/b20-11+. The number of carbonyl (C=O) groups excluding carboxylic acids is 2. The molecule has 2 amide bonds. The first kappa shape index (κ1) is 22.6. The molecule has 0 unspecified atom stereocenters. The lowest BCUT2D eigenvalue weighted by Crippen LogP contribution is -2.33. The third-order valence-corrected chi connectivity index (χ3v) is 3.55. The summed E-state index contributed by atoms with van der Waals surface area (Å²) in [7, 11) is 0. The molecule has 27 heavy (non-hydrogen) atoms. The Bertz CT molecular complexity index is 701. The maximum atomic E-state index is 11.4. The summed E-state index contributed by atoms with van der Waals surface area (Å²) in [6.07, 6.45) is -0.157. The van der Waals surface area contributed by atoms with E-state index >= 15 is 0 Å². The van der Waals surface area contributed by atoms with Crippen LogP contribution in [0, 0.1) is 0 Å². The number of aliphatic carboxylic acids is 1. The molecule has 1 heterocycles. The van der Waals surface area contributed by atoms with Gasteiger partial charge < -0.3 is 25.3 Å². The van der Waals surface area contributed by atoms with Crippen LogP contribution in [0.1, 0.15) is 32.9 Å². The zero-order chi connectivity index (χ0) is 20.4. The van der Waals surface area contributed by atoms with Gasteiger partial charge in [-0.1, -0.05) is 5.16 Å². The number of rotatable bonds is 9. The number of hydrogen-bond donors (Lipinski definition) is 3. The van der Waals surface area contributed by atoms with Crippen LogP contribution in [0.15, 0.2) is 10.5 Å². The van der Waals surface area contributed by atoms with Gasteiger partial charge in [0.15, 0.2) is 5.13 Å². The van der Waals surface area contributed by atoms with Crippen molar-refractivity contribution in [2.75, 3.05) is 24.3 Å². The first-order chi connectivity index (χ1) is 12.6. The monoisotopic (exact) mass is 420 g/mol. The second kappa shape index (κ2) is 10.7. The van der Waals surface area contributed by atoms with E-state index < -0.39 is 29.3 Å².